The Hall–Kier alpha value is -2.09. The van der Waals surface area contributed by atoms with Crippen LogP contribution in [-0.4, -0.2) is 10.9 Å². The van der Waals surface area contributed by atoms with Gasteiger partial charge in [0.1, 0.15) is 11.8 Å². The van der Waals surface area contributed by atoms with E-state index in [1.807, 2.05) is 13.0 Å². The molecule has 1 aromatic heterocycles. The topological polar surface area (TPSA) is 65.8 Å². The Balaban J connectivity index is 2.28. The zero-order valence-electron chi connectivity index (χ0n) is 10.4. The highest BCUT2D eigenvalue weighted by Gasteiger charge is 2.14. The van der Waals surface area contributed by atoms with Gasteiger partial charge in [-0.1, -0.05) is 29.3 Å². The molecule has 0 atom stereocenters. The molecule has 1 heterocycles. The van der Waals surface area contributed by atoms with Crippen molar-refractivity contribution in [2.45, 2.75) is 6.92 Å². The molecule has 0 saturated carbocycles. The van der Waals surface area contributed by atoms with E-state index in [1.165, 1.54) is 18.3 Å². The summed E-state index contributed by atoms with van der Waals surface area (Å²) in [5.74, 6) is -0.441. The molecule has 0 saturated heterocycles. The van der Waals surface area contributed by atoms with Crippen LogP contribution in [0.15, 0.2) is 30.5 Å². The molecular weight excluding hydrogens is 297 g/mol. The zero-order chi connectivity index (χ0) is 14.7. The maximum absolute atomic E-state index is 12.1. The van der Waals surface area contributed by atoms with E-state index in [-0.39, 0.29) is 5.69 Å². The fourth-order valence-corrected chi connectivity index (χ4v) is 2.01. The molecule has 0 aliphatic heterocycles. The summed E-state index contributed by atoms with van der Waals surface area (Å²) in [6.45, 7) is 1.81. The van der Waals surface area contributed by atoms with Crippen molar-refractivity contribution in [3.05, 3.63) is 57.3 Å². The fourth-order valence-electron chi connectivity index (χ4n) is 1.54. The summed E-state index contributed by atoms with van der Waals surface area (Å²) in [6, 6.07) is 8.33. The van der Waals surface area contributed by atoms with E-state index in [9.17, 15) is 4.79 Å². The molecule has 0 spiro atoms. The normalized spacial score (nSPS) is 9.90. The van der Waals surface area contributed by atoms with Crippen LogP contribution < -0.4 is 5.32 Å². The maximum Gasteiger partial charge on any atom is 0.274 e. The molecule has 20 heavy (non-hydrogen) atoms. The second-order valence-electron chi connectivity index (χ2n) is 4.05. The molecule has 2 rings (SSSR count). The third-order valence-electron chi connectivity index (χ3n) is 2.65. The first-order valence-electron chi connectivity index (χ1n) is 5.65. The minimum atomic E-state index is -0.441. The Bertz CT molecular complexity index is 706. The van der Waals surface area contributed by atoms with Crippen LogP contribution in [0.4, 0.5) is 5.69 Å². The number of benzene rings is 1. The predicted octanol–water partition coefficient (Wildman–Crippen LogP) is 3.82. The van der Waals surface area contributed by atoms with Gasteiger partial charge < -0.3 is 5.32 Å². The van der Waals surface area contributed by atoms with E-state index in [2.05, 4.69) is 10.3 Å². The van der Waals surface area contributed by atoms with Gasteiger partial charge >= 0.3 is 0 Å². The Morgan fingerprint density at radius 2 is 2.05 bits per heavy atom. The Labute approximate surface area is 126 Å². The number of anilines is 1. The van der Waals surface area contributed by atoms with Crippen LogP contribution in [0, 0.1) is 18.3 Å². The first kappa shape index (κ1) is 14.3. The van der Waals surface area contributed by atoms with Crippen molar-refractivity contribution in [1.82, 2.24) is 4.98 Å². The van der Waals surface area contributed by atoms with Crippen LogP contribution in [0.3, 0.4) is 0 Å². The SMILES string of the molecule is Cc1ccc(Cl)c(NC(=O)c2ccc(C#N)cn2)c1Cl. The van der Waals surface area contributed by atoms with Crippen molar-refractivity contribution in [2.24, 2.45) is 0 Å². The van der Waals surface area contributed by atoms with Crippen LogP contribution in [0.2, 0.25) is 10.0 Å². The molecule has 0 unspecified atom stereocenters. The second kappa shape index (κ2) is 5.91. The van der Waals surface area contributed by atoms with Crippen molar-refractivity contribution in [1.29, 1.82) is 5.26 Å². The number of aromatic nitrogens is 1. The monoisotopic (exact) mass is 305 g/mol. The number of nitrogens with one attached hydrogen (secondary N) is 1. The summed E-state index contributed by atoms with van der Waals surface area (Å²) in [7, 11) is 0. The van der Waals surface area contributed by atoms with Gasteiger partial charge in [-0.05, 0) is 30.7 Å². The molecule has 4 nitrogen and oxygen atoms in total. The molecule has 1 N–H and O–H groups in total. The van der Waals surface area contributed by atoms with Crippen molar-refractivity contribution < 1.29 is 4.79 Å². The van der Waals surface area contributed by atoms with Gasteiger partial charge in [0.15, 0.2) is 0 Å². The Morgan fingerprint density at radius 1 is 1.30 bits per heavy atom. The van der Waals surface area contributed by atoms with Crippen molar-refractivity contribution in [3.8, 4) is 6.07 Å². The van der Waals surface area contributed by atoms with Gasteiger partial charge in [-0.25, -0.2) is 4.98 Å². The summed E-state index contributed by atoms with van der Waals surface area (Å²) < 4.78 is 0. The summed E-state index contributed by atoms with van der Waals surface area (Å²) in [5, 5.41) is 12.0. The van der Waals surface area contributed by atoms with Gasteiger partial charge in [-0.15, -0.1) is 0 Å². The molecule has 0 aliphatic carbocycles. The number of rotatable bonds is 2. The Morgan fingerprint density at radius 3 is 2.65 bits per heavy atom. The molecular formula is C14H9Cl2N3O. The van der Waals surface area contributed by atoms with Gasteiger partial charge in [-0.2, -0.15) is 5.26 Å². The summed E-state index contributed by atoms with van der Waals surface area (Å²) in [5.41, 5.74) is 1.72. The van der Waals surface area contributed by atoms with Crippen molar-refractivity contribution in [3.63, 3.8) is 0 Å². The first-order valence-corrected chi connectivity index (χ1v) is 6.40. The van der Waals surface area contributed by atoms with Gasteiger partial charge in [0.2, 0.25) is 0 Å². The quantitative estimate of drug-likeness (QED) is 0.917. The lowest BCUT2D eigenvalue weighted by molar-refractivity contribution is 0.102. The first-order chi connectivity index (χ1) is 9.52. The molecule has 1 amide bonds. The summed E-state index contributed by atoms with van der Waals surface area (Å²) >= 11 is 12.1. The summed E-state index contributed by atoms with van der Waals surface area (Å²) in [6.07, 6.45) is 1.33. The molecule has 0 fully saturated rings. The smallest absolute Gasteiger partial charge is 0.274 e. The van der Waals surface area contributed by atoms with Gasteiger partial charge in [0.25, 0.3) is 5.91 Å². The van der Waals surface area contributed by atoms with E-state index in [1.54, 1.807) is 12.1 Å². The van der Waals surface area contributed by atoms with Crippen LogP contribution in [-0.2, 0) is 0 Å². The molecule has 1 aromatic carbocycles. The van der Waals surface area contributed by atoms with E-state index >= 15 is 0 Å². The lowest BCUT2D eigenvalue weighted by Gasteiger charge is -2.10. The van der Waals surface area contributed by atoms with Crippen molar-refractivity contribution in [2.75, 3.05) is 5.32 Å². The number of halogens is 2. The van der Waals surface area contributed by atoms with Gasteiger partial charge in [0, 0.05) is 6.20 Å². The highest BCUT2D eigenvalue weighted by molar-refractivity contribution is 6.40. The van der Waals surface area contributed by atoms with E-state index in [0.717, 1.165) is 5.56 Å². The third kappa shape index (κ3) is 2.90. The number of aryl methyl sites for hydroxylation is 1. The molecule has 0 aliphatic rings. The van der Waals surface area contributed by atoms with Crippen LogP contribution in [0.5, 0.6) is 0 Å². The lowest BCUT2D eigenvalue weighted by atomic mass is 10.2. The number of pyridine rings is 1. The number of nitrogens with zero attached hydrogens (tertiary/aromatic N) is 2. The molecule has 2 aromatic rings. The average molecular weight is 306 g/mol. The highest BCUT2D eigenvalue weighted by Crippen LogP contribution is 2.33. The lowest BCUT2D eigenvalue weighted by Crippen LogP contribution is -2.14. The molecule has 0 radical (unpaired) electrons. The van der Waals surface area contributed by atoms with E-state index in [0.29, 0.717) is 21.3 Å². The minimum absolute atomic E-state index is 0.178. The number of nitriles is 1. The second-order valence-corrected chi connectivity index (χ2v) is 4.84. The molecule has 0 bridgehead atoms. The fraction of sp³-hybridized carbons (Fsp3) is 0.0714. The van der Waals surface area contributed by atoms with Gasteiger partial charge in [0.05, 0.1) is 21.3 Å². The van der Waals surface area contributed by atoms with E-state index in [4.69, 9.17) is 28.5 Å². The molecule has 6 heteroatoms. The summed E-state index contributed by atoms with van der Waals surface area (Å²) in [4.78, 5) is 16.0. The number of carbonyl (C=O) groups is 1. The minimum Gasteiger partial charge on any atom is -0.318 e. The number of hydrogen-bond acceptors (Lipinski definition) is 3. The molecule has 100 valence electrons. The van der Waals surface area contributed by atoms with Crippen molar-refractivity contribution >= 4 is 34.8 Å². The maximum atomic E-state index is 12.1. The largest absolute Gasteiger partial charge is 0.318 e. The van der Waals surface area contributed by atoms with Gasteiger partial charge in [-0.3, -0.25) is 4.79 Å². The highest BCUT2D eigenvalue weighted by atomic mass is 35.5. The average Bonchev–Trinajstić information content (AvgIpc) is 2.47. The standard InChI is InChI=1S/C14H9Cl2N3O/c1-8-2-4-10(15)13(12(8)16)19-14(20)11-5-3-9(6-17)7-18-11/h2-5,7H,1H3,(H,19,20). The van der Waals surface area contributed by atoms with Crippen LogP contribution >= 0.6 is 23.2 Å². The number of amides is 1. The van der Waals surface area contributed by atoms with Crippen LogP contribution in [0.1, 0.15) is 21.6 Å². The van der Waals surface area contributed by atoms with E-state index < -0.39 is 5.91 Å². The number of carbonyl (C=O) groups excluding carboxylic acids is 1. The third-order valence-corrected chi connectivity index (χ3v) is 3.45. The zero-order valence-corrected chi connectivity index (χ0v) is 12.0. The number of hydrogen-bond donors (Lipinski definition) is 1. The van der Waals surface area contributed by atoms with Crippen LogP contribution in [0.25, 0.3) is 0 Å². The predicted molar refractivity (Wildman–Crippen MR) is 78.1 cm³/mol. The Kier molecular flexibility index (Phi) is 4.23.